The number of rotatable bonds is 7. The van der Waals surface area contributed by atoms with E-state index in [2.05, 4.69) is 18.2 Å². The smallest absolute Gasteiger partial charge is 0.00866 e. The molecule has 0 amide bonds. The molecule has 0 aromatic heterocycles. The molecule has 112 valence electrons. The van der Waals surface area contributed by atoms with Gasteiger partial charge in [-0.1, -0.05) is 6.92 Å². The molecule has 0 saturated heterocycles. The van der Waals surface area contributed by atoms with Gasteiger partial charge in [-0.15, -0.1) is 12.3 Å². The minimum Gasteiger partial charge on any atom is -0.314 e. The molecule has 0 aromatic carbocycles. The van der Waals surface area contributed by atoms with Crippen LogP contribution in [0.15, 0.2) is 0 Å². The van der Waals surface area contributed by atoms with Gasteiger partial charge in [-0.3, -0.25) is 0 Å². The second-order valence-corrected chi connectivity index (χ2v) is 7.97. The zero-order valence-corrected chi connectivity index (χ0v) is 13.2. The lowest BCUT2D eigenvalue weighted by atomic mass is 9.48. The van der Waals surface area contributed by atoms with Crippen molar-refractivity contribution in [3.05, 3.63) is 0 Å². The maximum absolute atomic E-state index is 5.41. The monoisotopic (exact) mass is 273 g/mol. The van der Waals surface area contributed by atoms with Gasteiger partial charge in [0.05, 0.1) is 0 Å². The van der Waals surface area contributed by atoms with Gasteiger partial charge in [-0.25, -0.2) is 0 Å². The summed E-state index contributed by atoms with van der Waals surface area (Å²) >= 11 is 0. The van der Waals surface area contributed by atoms with Crippen LogP contribution in [0.25, 0.3) is 0 Å². The molecule has 1 heteroatoms. The zero-order valence-electron chi connectivity index (χ0n) is 13.2. The topological polar surface area (TPSA) is 12.0 Å². The highest BCUT2D eigenvalue weighted by atomic mass is 14.9. The van der Waals surface area contributed by atoms with E-state index in [4.69, 9.17) is 6.42 Å². The highest BCUT2D eigenvalue weighted by Crippen LogP contribution is 2.61. The van der Waals surface area contributed by atoms with Crippen LogP contribution >= 0.6 is 0 Å². The van der Waals surface area contributed by atoms with Crippen molar-refractivity contribution in [1.29, 1.82) is 0 Å². The molecule has 1 unspecified atom stereocenters. The molecule has 1 nitrogen and oxygen atoms in total. The first kappa shape index (κ1) is 14.5. The van der Waals surface area contributed by atoms with E-state index in [9.17, 15) is 0 Å². The first-order chi connectivity index (χ1) is 9.73. The number of nitrogens with one attached hydrogen (secondary N) is 1. The Morgan fingerprint density at radius 2 is 1.75 bits per heavy atom. The quantitative estimate of drug-likeness (QED) is 0.536. The Kier molecular flexibility index (Phi) is 4.41. The molecule has 0 radical (unpaired) electrons. The van der Waals surface area contributed by atoms with E-state index in [0.29, 0.717) is 11.5 Å². The molecule has 4 aliphatic rings. The molecule has 4 fully saturated rings. The third kappa shape index (κ3) is 3.06. The van der Waals surface area contributed by atoms with E-state index in [0.717, 1.165) is 30.7 Å². The van der Waals surface area contributed by atoms with Crippen LogP contribution < -0.4 is 5.32 Å². The average molecular weight is 273 g/mol. The van der Waals surface area contributed by atoms with Crippen molar-refractivity contribution in [2.45, 2.75) is 77.2 Å². The van der Waals surface area contributed by atoms with Crippen LogP contribution in [0.4, 0.5) is 0 Å². The van der Waals surface area contributed by atoms with Gasteiger partial charge >= 0.3 is 0 Å². The molecule has 1 N–H and O–H groups in total. The highest BCUT2D eigenvalue weighted by Gasteiger charge is 2.51. The molecule has 4 rings (SSSR count). The van der Waals surface area contributed by atoms with E-state index < -0.39 is 0 Å². The molecule has 4 bridgehead atoms. The van der Waals surface area contributed by atoms with Gasteiger partial charge in [0.2, 0.25) is 0 Å². The summed E-state index contributed by atoms with van der Waals surface area (Å²) < 4.78 is 0. The number of terminal acetylenes is 1. The van der Waals surface area contributed by atoms with E-state index in [1.54, 1.807) is 19.3 Å². The Labute approximate surface area is 125 Å². The fraction of sp³-hybridized carbons (Fsp3) is 0.895. The summed E-state index contributed by atoms with van der Waals surface area (Å²) in [4.78, 5) is 0. The number of hydrogen-bond donors (Lipinski definition) is 1. The van der Waals surface area contributed by atoms with Crippen LogP contribution in [-0.2, 0) is 0 Å². The largest absolute Gasteiger partial charge is 0.314 e. The third-order valence-electron chi connectivity index (χ3n) is 6.21. The molecule has 20 heavy (non-hydrogen) atoms. The molecule has 0 aliphatic heterocycles. The Hall–Kier alpha value is -0.480. The van der Waals surface area contributed by atoms with Crippen molar-refractivity contribution in [1.82, 2.24) is 5.32 Å². The lowest BCUT2D eigenvalue weighted by Gasteiger charge is -2.57. The summed E-state index contributed by atoms with van der Waals surface area (Å²) in [6.45, 7) is 3.35. The standard InChI is InChI=1S/C19H31N/c1-3-5-6-7-18(20-4-2)14-19-11-15-8-16(12-19)10-17(9-15)13-19/h1,15-18,20H,4-14H2,2H3. The van der Waals surface area contributed by atoms with Crippen LogP contribution in [0.3, 0.4) is 0 Å². The van der Waals surface area contributed by atoms with Crippen molar-refractivity contribution >= 4 is 0 Å². The van der Waals surface area contributed by atoms with Gasteiger partial charge in [0.1, 0.15) is 0 Å². The number of hydrogen-bond acceptors (Lipinski definition) is 1. The van der Waals surface area contributed by atoms with E-state index in [1.807, 2.05) is 0 Å². The lowest BCUT2D eigenvalue weighted by Crippen LogP contribution is -2.48. The predicted molar refractivity (Wildman–Crippen MR) is 85.4 cm³/mol. The molecular formula is C19H31N. The minimum absolute atomic E-state index is 0.706. The highest BCUT2D eigenvalue weighted by molar-refractivity contribution is 5.02. The van der Waals surface area contributed by atoms with Crippen LogP contribution in [0.2, 0.25) is 0 Å². The summed E-state index contributed by atoms with van der Waals surface area (Å²) in [5.41, 5.74) is 0.706. The summed E-state index contributed by atoms with van der Waals surface area (Å²) in [6, 6.07) is 0.713. The van der Waals surface area contributed by atoms with Crippen LogP contribution in [0, 0.1) is 35.5 Å². The Balaban J connectivity index is 1.60. The summed E-state index contributed by atoms with van der Waals surface area (Å²) in [7, 11) is 0. The van der Waals surface area contributed by atoms with E-state index >= 15 is 0 Å². The predicted octanol–water partition coefficient (Wildman–Crippen LogP) is 4.37. The Morgan fingerprint density at radius 1 is 1.15 bits per heavy atom. The van der Waals surface area contributed by atoms with Crippen molar-refractivity contribution in [2.75, 3.05) is 6.54 Å². The molecular weight excluding hydrogens is 242 g/mol. The van der Waals surface area contributed by atoms with E-state index in [-0.39, 0.29) is 0 Å². The van der Waals surface area contributed by atoms with Crippen molar-refractivity contribution < 1.29 is 0 Å². The minimum atomic E-state index is 0.706. The third-order valence-corrected chi connectivity index (χ3v) is 6.21. The molecule has 0 heterocycles. The van der Waals surface area contributed by atoms with Gasteiger partial charge in [0.15, 0.2) is 0 Å². The van der Waals surface area contributed by atoms with Crippen LogP contribution in [-0.4, -0.2) is 12.6 Å². The van der Waals surface area contributed by atoms with E-state index in [1.165, 1.54) is 38.5 Å². The van der Waals surface area contributed by atoms with Gasteiger partial charge in [-0.2, -0.15) is 0 Å². The molecule has 0 aromatic rings. The molecule has 0 spiro atoms. The summed E-state index contributed by atoms with van der Waals surface area (Å²) in [5.74, 6) is 6.03. The lowest BCUT2D eigenvalue weighted by molar-refractivity contribution is -0.0623. The van der Waals surface area contributed by atoms with Crippen LogP contribution in [0.5, 0.6) is 0 Å². The fourth-order valence-corrected chi connectivity index (χ4v) is 6.08. The Bertz CT molecular complexity index is 329. The summed E-state index contributed by atoms with van der Waals surface area (Å²) in [5, 5.41) is 3.75. The zero-order chi connectivity index (χ0) is 14.0. The maximum atomic E-state index is 5.41. The first-order valence-electron chi connectivity index (χ1n) is 8.90. The van der Waals surface area contributed by atoms with Crippen molar-refractivity contribution in [2.24, 2.45) is 23.2 Å². The van der Waals surface area contributed by atoms with Crippen molar-refractivity contribution in [3.8, 4) is 12.3 Å². The molecule has 1 atom stereocenters. The fourth-order valence-electron chi connectivity index (χ4n) is 6.08. The van der Waals surface area contributed by atoms with Crippen LogP contribution in [0.1, 0.15) is 71.1 Å². The Morgan fingerprint density at radius 3 is 2.25 bits per heavy atom. The normalized spacial score (nSPS) is 39.7. The van der Waals surface area contributed by atoms with Gasteiger partial charge in [0, 0.05) is 12.5 Å². The summed E-state index contributed by atoms with van der Waals surface area (Å²) in [6.07, 6.45) is 19.5. The van der Waals surface area contributed by atoms with Gasteiger partial charge < -0.3 is 5.32 Å². The second kappa shape index (κ2) is 6.10. The molecule has 4 saturated carbocycles. The number of unbranched alkanes of at least 4 members (excludes halogenated alkanes) is 1. The second-order valence-electron chi connectivity index (χ2n) is 7.97. The van der Waals surface area contributed by atoms with Gasteiger partial charge in [-0.05, 0) is 87.5 Å². The molecule has 4 aliphatic carbocycles. The maximum Gasteiger partial charge on any atom is 0.00866 e. The SMILES string of the molecule is C#CCCCC(CC12CC3CC(CC(C3)C1)C2)NCC. The van der Waals surface area contributed by atoms with Gasteiger partial charge in [0.25, 0.3) is 0 Å². The average Bonchev–Trinajstić information content (AvgIpc) is 2.37. The van der Waals surface area contributed by atoms with Crippen molar-refractivity contribution in [3.63, 3.8) is 0 Å². The first-order valence-corrected chi connectivity index (χ1v) is 8.90.